The number of likely N-dealkylation sites (N-methyl/N-ethyl adjacent to an activating group) is 1. The van der Waals surface area contributed by atoms with Gasteiger partial charge in [0.1, 0.15) is 19.8 Å². The van der Waals surface area contributed by atoms with E-state index in [-0.39, 0.29) is 26.2 Å². The second kappa shape index (κ2) is 38.2. The van der Waals surface area contributed by atoms with E-state index in [1.165, 1.54) is 96.3 Å². The highest BCUT2D eigenvalue weighted by molar-refractivity contribution is 7.47. The van der Waals surface area contributed by atoms with Gasteiger partial charge in [-0.05, 0) is 51.0 Å². The van der Waals surface area contributed by atoms with E-state index in [1.807, 2.05) is 33.3 Å². The molecule has 3 N–H and O–H groups in total. The maximum Gasteiger partial charge on any atom is 0.472 e. The van der Waals surface area contributed by atoms with Crippen LogP contribution in [-0.2, 0) is 27.9 Å². The minimum Gasteiger partial charge on any atom is -0.492 e. The molecule has 0 aliphatic heterocycles. The molecule has 0 spiro atoms. The minimum atomic E-state index is -4.33. The van der Waals surface area contributed by atoms with Gasteiger partial charge in [0.2, 0.25) is 0 Å². The molecule has 0 fully saturated rings. The van der Waals surface area contributed by atoms with Gasteiger partial charge < -0.3 is 29.1 Å². The third-order valence-electron chi connectivity index (χ3n) is 9.36. The largest absolute Gasteiger partial charge is 0.492 e. The normalized spacial score (nSPS) is 15.4. The van der Waals surface area contributed by atoms with Crippen molar-refractivity contribution in [2.45, 2.75) is 180 Å². The summed E-state index contributed by atoms with van der Waals surface area (Å²) in [4.78, 5) is 22.7. The van der Waals surface area contributed by atoms with Crippen LogP contribution in [0.15, 0.2) is 60.9 Å². The fourth-order valence-corrected chi connectivity index (χ4v) is 6.47. The van der Waals surface area contributed by atoms with Crippen LogP contribution in [0.1, 0.15) is 162 Å². The van der Waals surface area contributed by atoms with Crippen molar-refractivity contribution in [3.05, 3.63) is 60.9 Å². The van der Waals surface area contributed by atoms with Crippen molar-refractivity contribution in [3.63, 3.8) is 0 Å². The maximum atomic E-state index is 12.5. The van der Waals surface area contributed by atoms with E-state index in [9.17, 15) is 24.5 Å². The Morgan fingerprint density at radius 2 is 1.18 bits per heavy atom. The minimum absolute atomic E-state index is 0.0484. The molecule has 0 aromatic rings. The third kappa shape index (κ3) is 41.9. The molecular weight excluding hydrogens is 741 g/mol. The number of aliphatic hydroxyl groups excluding tert-OH is 2. The zero-order chi connectivity index (χ0) is 42.3. The highest BCUT2D eigenvalue weighted by atomic mass is 31.2. The van der Waals surface area contributed by atoms with Crippen LogP contribution in [0.4, 0.5) is 0 Å². The molecule has 10 nitrogen and oxygen atoms in total. The molecule has 0 saturated heterocycles. The molecular formula is C46H85NO9P+. The van der Waals surface area contributed by atoms with Crippen LogP contribution >= 0.6 is 7.82 Å². The summed E-state index contributed by atoms with van der Waals surface area (Å²) in [5.41, 5.74) is 0. The summed E-state index contributed by atoms with van der Waals surface area (Å²) in [6.07, 6.45) is 41.3. The zero-order valence-corrected chi connectivity index (χ0v) is 37.7. The molecule has 0 rings (SSSR count). The summed E-state index contributed by atoms with van der Waals surface area (Å²) in [5.74, 6) is -0.461. The number of carbonyl (C=O) groups is 1. The van der Waals surface area contributed by atoms with Gasteiger partial charge in [-0.1, -0.05) is 159 Å². The number of phosphoric acid groups is 1. The number of hydrogen-bond acceptors (Lipinski definition) is 8. The number of ether oxygens (including phenoxy) is 2. The lowest BCUT2D eigenvalue weighted by Gasteiger charge is -2.24. The number of nitrogens with zero attached hydrogens (tertiary/aromatic N) is 1. The number of allylic oxidation sites excluding steroid dienone is 6. The molecule has 0 heterocycles. The summed E-state index contributed by atoms with van der Waals surface area (Å²) in [6.45, 7) is 4.56. The topological polar surface area (TPSA) is 132 Å². The first-order chi connectivity index (χ1) is 27.4. The van der Waals surface area contributed by atoms with E-state index in [2.05, 4.69) is 19.9 Å². The lowest BCUT2D eigenvalue weighted by Crippen LogP contribution is -2.37. The van der Waals surface area contributed by atoms with Gasteiger partial charge in [0.25, 0.3) is 0 Å². The molecule has 0 aromatic carbocycles. The summed E-state index contributed by atoms with van der Waals surface area (Å²) in [5, 5.41) is 20.3. The number of esters is 1. The molecule has 0 aliphatic rings. The van der Waals surface area contributed by atoms with Crippen LogP contribution in [0, 0.1) is 0 Å². The highest BCUT2D eigenvalue weighted by Crippen LogP contribution is 2.43. The Morgan fingerprint density at radius 3 is 1.77 bits per heavy atom. The number of aliphatic hydroxyl groups is 2. The fraction of sp³-hybridized carbons (Fsp3) is 0.761. The van der Waals surface area contributed by atoms with Crippen molar-refractivity contribution in [1.29, 1.82) is 0 Å². The van der Waals surface area contributed by atoms with E-state index in [4.69, 9.17) is 18.5 Å². The monoisotopic (exact) mass is 827 g/mol. The second-order valence-electron chi connectivity index (χ2n) is 16.2. The van der Waals surface area contributed by atoms with Crippen LogP contribution in [0.3, 0.4) is 0 Å². The smallest absolute Gasteiger partial charge is 0.472 e. The van der Waals surface area contributed by atoms with Gasteiger partial charge in [0, 0.05) is 6.42 Å². The molecule has 0 bridgehead atoms. The predicted octanol–water partition coefficient (Wildman–Crippen LogP) is 11.2. The average Bonchev–Trinajstić information content (AvgIpc) is 3.15. The standard InChI is InChI=1S/C46H84NO9P/c1-6-8-10-12-14-15-16-17-18-19-20-21-22-23-27-31-39-53-45(42-56-57(51,52)55-40-38-47(3,4)5)41-54-46(50)37-32-36-44(49)35-30-26-25-29-34-43(48)33-28-24-13-11-9-7-2/h24-26,28-31,34-35,39,43-45,48-49H,6-23,27,32-33,36-38,40-42H2,1-5H3/p+1/b26-25+,28-24-,34-29+,35-30-,39-31+/t43-,44-,45-/m1/s1. The van der Waals surface area contributed by atoms with Crippen molar-refractivity contribution in [2.75, 3.05) is 47.5 Å². The lowest BCUT2D eigenvalue weighted by molar-refractivity contribution is -0.870. The quantitative estimate of drug-likeness (QED) is 0.0105. The molecule has 1 unspecified atom stereocenters. The molecule has 57 heavy (non-hydrogen) atoms. The summed E-state index contributed by atoms with van der Waals surface area (Å²) >= 11 is 0. The van der Waals surface area contributed by atoms with Crippen molar-refractivity contribution in [3.8, 4) is 0 Å². The van der Waals surface area contributed by atoms with E-state index < -0.39 is 32.1 Å². The van der Waals surface area contributed by atoms with Crippen molar-refractivity contribution in [1.82, 2.24) is 0 Å². The fourth-order valence-electron chi connectivity index (χ4n) is 5.73. The van der Waals surface area contributed by atoms with Crippen LogP contribution < -0.4 is 0 Å². The zero-order valence-electron chi connectivity index (χ0n) is 36.8. The SMILES string of the molecule is CCCCC/C=C\C[C@@H](O)/C=C/C=C/C=C\[C@@H](O)CCCC(=O)OC[C@H](COP(=O)(O)OCC[N+](C)(C)C)O/C=C/CCCCCCCCCCCCCCCC. The van der Waals surface area contributed by atoms with Crippen LogP contribution in [-0.4, -0.2) is 91.4 Å². The number of hydrogen-bond donors (Lipinski definition) is 3. The molecule has 0 amide bonds. The molecule has 0 radical (unpaired) electrons. The molecule has 11 heteroatoms. The predicted molar refractivity (Wildman–Crippen MR) is 236 cm³/mol. The average molecular weight is 827 g/mol. The Morgan fingerprint density at radius 1 is 0.649 bits per heavy atom. The van der Waals surface area contributed by atoms with Crippen LogP contribution in [0.2, 0.25) is 0 Å². The summed E-state index contributed by atoms with van der Waals surface area (Å²) in [7, 11) is 1.53. The number of carbonyl (C=O) groups excluding carboxylic acids is 1. The molecule has 0 aliphatic carbocycles. The van der Waals surface area contributed by atoms with Gasteiger partial charge in [-0.3, -0.25) is 13.8 Å². The van der Waals surface area contributed by atoms with Gasteiger partial charge in [-0.2, -0.15) is 0 Å². The first kappa shape index (κ1) is 55.0. The van der Waals surface area contributed by atoms with Crippen LogP contribution in [0.25, 0.3) is 0 Å². The van der Waals surface area contributed by atoms with Crippen molar-refractivity contribution >= 4 is 13.8 Å². The van der Waals surface area contributed by atoms with Gasteiger partial charge >= 0.3 is 13.8 Å². The summed E-state index contributed by atoms with van der Waals surface area (Å²) in [6, 6.07) is 0. The van der Waals surface area contributed by atoms with Gasteiger partial charge in [-0.15, -0.1) is 0 Å². The Hall–Kier alpha value is -2.04. The summed E-state index contributed by atoms with van der Waals surface area (Å²) < 4.78 is 34.6. The first-order valence-electron chi connectivity index (χ1n) is 22.3. The lowest BCUT2D eigenvalue weighted by atomic mass is 10.0. The Bertz CT molecular complexity index is 1130. The Labute approximate surface area is 348 Å². The van der Waals surface area contributed by atoms with Crippen LogP contribution in [0.5, 0.6) is 0 Å². The van der Waals surface area contributed by atoms with Gasteiger partial charge in [0.15, 0.2) is 6.10 Å². The number of phosphoric ester groups is 1. The van der Waals surface area contributed by atoms with E-state index in [0.717, 1.165) is 25.7 Å². The highest BCUT2D eigenvalue weighted by Gasteiger charge is 2.25. The molecule has 332 valence electrons. The number of quaternary nitrogens is 1. The molecule has 0 aromatic heterocycles. The van der Waals surface area contributed by atoms with E-state index in [0.29, 0.717) is 30.3 Å². The molecule has 4 atom stereocenters. The second-order valence-corrected chi connectivity index (χ2v) is 17.6. The van der Waals surface area contributed by atoms with Gasteiger partial charge in [0.05, 0.1) is 46.2 Å². The van der Waals surface area contributed by atoms with Gasteiger partial charge in [-0.25, -0.2) is 4.57 Å². The first-order valence-corrected chi connectivity index (χ1v) is 23.8. The Balaban J connectivity index is 4.54. The Kier molecular flexibility index (Phi) is 36.8. The number of unbranched alkanes of at least 4 members (excludes halogenated alkanes) is 17. The maximum absolute atomic E-state index is 12.5. The third-order valence-corrected chi connectivity index (χ3v) is 10.3. The van der Waals surface area contributed by atoms with E-state index >= 15 is 0 Å². The van der Waals surface area contributed by atoms with E-state index in [1.54, 1.807) is 42.7 Å². The van der Waals surface area contributed by atoms with Crippen molar-refractivity contribution < 1.29 is 47.5 Å². The number of rotatable bonds is 40. The molecule has 0 saturated carbocycles. The van der Waals surface area contributed by atoms with Crippen molar-refractivity contribution in [2.24, 2.45) is 0 Å².